The van der Waals surface area contributed by atoms with E-state index in [0.717, 1.165) is 5.75 Å². The van der Waals surface area contributed by atoms with Crippen molar-refractivity contribution in [2.45, 2.75) is 0 Å². The number of Topliss-reactive ketones (excluding diaryl/α,β-unsaturated/α-hetero) is 1. The average molecular weight is 711 g/mol. The third kappa shape index (κ3) is 25.9. The molecule has 0 spiro atoms. The molecule has 14 heteroatoms. The number of carbonyl (C=O) groups is 2. The van der Waals surface area contributed by atoms with E-state index in [1.54, 1.807) is 30.3 Å². The fourth-order valence-corrected chi connectivity index (χ4v) is 3.78. The maximum atomic E-state index is 11.9. The molecule has 50 heavy (non-hydrogen) atoms. The fourth-order valence-electron chi connectivity index (χ4n) is 3.78. The SMILES string of the molecule is O=C(OCCOCCOCCOCCOCCOCCOCCOCCOCCOCCOCCOc1ccccc1)C(=O)c1ccccc1. The van der Waals surface area contributed by atoms with Gasteiger partial charge in [0, 0.05) is 5.56 Å². The molecule has 0 aliphatic carbocycles. The first-order chi connectivity index (χ1) is 24.8. The van der Waals surface area contributed by atoms with Gasteiger partial charge >= 0.3 is 5.97 Å². The summed E-state index contributed by atoms with van der Waals surface area (Å²) in [5.41, 5.74) is 0.295. The van der Waals surface area contributed by atoms with Gasteiger partial charge in [0.15, 0.2) is 0 Å². The van der Waals surface area contributed by atoms with E-state index in [1.165, 1.54) is 0 Å². The average Bonchev–Trinajstić information content (AvgIpc) is 3.15. The Kier molecular flexibility index (Phi) is 28.6. The zero-order valence-corrected chi connectivity index (χ0v) is 29.0. The standard InChI is InChI=1S/C36H54O14/c37-35(33-7-3-1-4-8-33)36(38)50-32-30-48-28-26-46-24-22-44-20-18-42-16-14-40-12-11-39-13-15-41-17-19-43-21-23-45-25-27-47-29-31-49-34-9-5-2-6-10-34/h1-10H,11-32H2. The van der Waals surface area contributed by atoms with Crippen LogP contribution in [0.25, 0.3) is 0 Å². The van der Waals surface area contributed by atoms with E-state index in [0.29, 0.717) is 138 Å². The van der Waals surface area contributed by atoms with Crippen molar-refractivity contribution in [3.63, 3.8) is 0 Å². The van der Waals surface area contributed by atoms with Gasteiger partial charge in [0.1, 0.15) is 19.0 Å². The molecule has 0 aliphatic rings. The molecule has 0 radical (unpaired) electrons. The summed E-state index contributed by atoms with van der Waals surface area (Å²) in [7, 11) is 0. The van der Waals surface area contributed by atoms with E-state index < -0.39 is 11.8 Å². The minimum atomic E-state index is -0.898. The highest BCUT2D eigenvalue weighted by molar-refractivity contribution is 6.40. The summed E-state index contributed by atoms with van der Waals surface area (Å²) in [4.78, 5) is 23.6. The molecule has 0 bridgehead atoms. The second-order valence-electron chi connectivity index (χ2n) is 10.1. The Balaban J connectivity index is 1.16. The minimum Gasteiger partial charge on any atom is -0.491 e. The van der Waals surface area contributed by atoms with Gasteiger partial charge in [-0.2, -0.15) is 0 Å². The zero-order valence-electron chi connectivity index (χ0n) is 29.0. The maximum Gasteiger partial charge on any atom is 0.379 e. The largest absolute Gasteiger partial charge is 0.491 e. The first kappa shape index (κ1) is 43.1. The lowest BCUT2D eigenvalue weighted by Crippen LogP contribution is -2.20. The van der Waals surface area contributed by atoms with Crippen molar-refractivity contribution in [2.24, 2.45) is 0 Å². The molecule has 14 nitrogen and oxygen atoms in total. The van der Waals surface area contributed by atoms with Crippen molar-refractivity contribution in [3.8, 4) is 5.75 Å². The van der Waals surface area contributed by atoms with Crippen molar-refractivity contribution in [2.75, 3.05) is 145 Å². The monoisotopic (exact) mass is 710 g/mol. The van der Waals surface area contributed by atoms with Crippen LogP contribution in [-0.4, -0.2) is 157 Å². The Bertz CT molecular complexity index is 1040. The van der Waals surface area contributed by atoms with Crippen LogP contribution in [0.2, 0.25) is 0 Å². The fraction of sp³-hybridized carbons (Fsp3) is 0.611. The van der Waals surface area contributed by atoms with Crippen molar-refractivity contribution >= 4 is 11.8 Å². The summed E-state index contributed by atoms with van der Waals surface area (Å²) in [6, 6.07) is 17.9. The number of esters is 1. The summed E-state index contributed by atoms with van der Waals surface area (Å²) in [6.07, 6.45) is 0. The molecule has 0 aliphatic heterocycles. The third-order valence-corrected chi connectivity index (χ3v) is 6.27. The number of benzene rings is 2. The van der Waals surface area contributed by atoms with Crippen molar-refractivity contribution in [1.29, 1.82) is 0 Å². The summed E-state index contributed by atoms with van der Waals surface area (Å²) in [5.74, 6) is -0.737. The van der Waals surface area contributed by atoms with Gasteiger partial charge in [0.05, 0.1) is 132 Å². The molecule has 0 saturated carbocycles. The summed E-state index contributed by atoms with van der Waals surface area (Å²) >= 11 is 0. The Morgan fingerprint density at radius 1 is 0.340 bits per heavy atom. The van der Waals surface area contributed by atoms with Crippen LogP contribution in [-0.2, 0) is 56.9 Å². The lowest BCUT2D eigenvalue weighted by atomic mass is 10.1. The lowest BCUT2D eigenvalue weighted by Gasteiger charge is -2.09. The molecule has 0 saturated heterocycles. The van der Waals surface area contributed by atoms with Gasteiger partial charge in [-0.15, -0.1) is 0 Å². The van der Waals surface area contributed by atoms with E-state index in [1.807, 2.05) is 30.3 Å². The summed E-state index contributed by atoms with van der Waals surface area (Å²) in [6.45, 7) is 9.62. The molecule has 0 atom stereocenters. The molecular formula is C36H54O14. The molecule has 0 amide bonds. The summed E-state index contributed by atoms with van der Waals surface area (Å²) < 4.78 is 65.0. The molecule has 2 rings (SSSR count). The highest BCUT2D eigenvalue weighted by Crippen LogP contribution is 2.07. The Morgan fingerprint density at radius 3 is 0.960 bits per heavy atom. The van der Waals surface area contributed by atoms with Gasteiger partial charge in [-0.25, -0.2) is 4.79 Å². The van der Waals surface area contributed by atoms with Crippen LogP contribution in [0.1, 0.15) is 10.4 Å². The van der Waals surface area contributed by atoms with Crippen molar-refractivity contribution < 1.29 is 66.4 Å². The van der Waals surface area contributed by atoms with Gasteiger partial charge in [0.25, 0.3) is 5.78 Å². The summed E-state index contributed by atoms with van der Waals surface area (Å²) in [5, 5.41) is 0. The lowest BCUT2D eigenvalue weighted by molar-refractivity contribution is -0.139. The number of para-hydroxylation sites is 1. The number of ether oxygens (including phenoxy) is 12. The van der Waals surface area contributed by atoms with Crippen LogP contribution < -0.4 is 4.74 Å². The van der Waals surface area contributed by atoms with Crippen LogP contribution >= 0.6 is 0 Å². The number of rotatable bonds is 36. The molecule has 0 aromatic heterocycles. The number of hydrogen-bond donors (Lipinski definition) is 0. The molecule has 2 aromatic rings. The molecule has 0 heterocycles. The molecule has 0 unspecified atom stereocenters. The zero-order chi connectivity index (χ0) is 35.4. The van der Waals surface area contributed by atoms with E-state index in [-0.39, 0.29) is 13.2 Å². The van der Waals surface area contributed by atoms with Gasteiger partial charge in [0.2, 0.25) is 0 Å². The number of carbonyl (C=O) groups excluding carboxylic acids is 2. The van der Waals surface area contributed by atoms with Crippen LogP contribution in [0, 0.1) is 0 Å². The smallest absolute Gasteiger partial charge is 0.379 e. The van der Waals surface area contributed by atoms with Gasteiger partial charge in [-0.05, 0) is 12.1 Å². The Labute approximate surface area is 295 Å². The topological polar surface area (TPSA) is 145 Å². The minimum absolute atomic E-state index is 0.00368. The van der Waals surface area contributed by atoms with E-state index in [4.69, 9.17) is 56.8 Å². The van der Waals surface area contributed by atoms with Crippen LogP contribution in [0.3, 0.4) is 0 Å². The van der Waals surface area contributed by atoms with Gasteiger partial charge < -0.3 is 56.8 Å². The quantitative estimate of drug-likeness (QED) is 0.0442. The first-order valence-corrected chi connectivity index (χ1v) is 17.0. The van der Waals surface area contributed by atoms with Crippen molar-refractivity contribution in [3.05, 3.63) is 66.2 Å². The molecular weight excluding hydrogens is 656 g/mol. The van der Waals surface area contributed by atoms with Gasteiger partial charge in [-0.1, -0.05) is 48.5 Å². The maximum absolute atomic E-state index is 11.9. The van der Waals surface area contributed by atoms with Crippen LogP contribution in [0.15, 0.2) is 60.7 Å². The predicted molar refractivity (Wildman–Crippen MR) is 182 cm³/mol. The van der Waals surface area contributed by atoms with Crippen LogP contribution in [0.4, 0.5) is 0 Å². The van der Waals surface area contributed by atoms with E-state index in [2.05, 4.69) is 0 Å². The number of hydrogen-bond acceptors (Lipinski definition) is 14. The predicted octanol–water partition coefficient (Wildman–Crippen LogP) is 2.66. The molecule has 0 fully saturated rings. The van der Waals surface area contributed by atoms with Crippen molar-refractivity contribution in [1.82, 2.24) is 0 Å². The molecule has 2 aromatic carbocycles. The Morgan fingerprint density at radius 2 is 0.620 bits per heavy atom. The van der Waals surface area contributed by atoms with E-state index in [9.17, 15) is 9.59 Å². The second kappa shape index (κ2) is 33.1. The Hall–Kier alpha value is -3.02. The third-order valence-electron chi connectivity index (χ3n) is 6.27. The highest BCUT2D eigenvalue weighted by Gasteiger charge is 2.17. The molecule has 282 valence electrons. The van der Waals surface area contributed by atoms with E-state index >= 15 is 0 Å². The normalized spacial score (nSPS) is 11.1. The highest BCUT2D eigenvalue weighted by atomic mass is 16.6. The first-order valence-electron chi connectivity index (χ1n) is 17.0. The number of ketones is 1. The van der Waals surface area contributed by atoms with Crippen LogP contribution in [0.5, 0.6) is 5.75 Å². The second-order valence-corrected chi connectivity index (χ2v) is 10.1. The van der Waals surface area contributed by atoms with Gasteiger partial charge in [-0.3, -0.25) is 4.79 Å². The molecule has 0 N–H and O–H groups in total.